The normalized spacial score (nSPS) is 11.5. The molecule has 0 bridgehead atoms. The van der Waals surface area contributed by atoms with Crippen molar-refractivity contribution >= 4 is 0 Å². The van der Waals surface area contributed by atoms with Crippen LogP contribution in [0.3, 0.4) is 0 Å². The standard InChI is InChI=1S/2C30H27N3/c2*1-30(2,3)26-20-18-25(19-21-26)29-32-31-28(33(29)27-12-8-5-9-13-27)24-16-14-23(15-17-24)22-10-6-4-7-11-22/h2*4-21H,1-3H3. The van der Waals surface area contributed by atoms with Gasteiger partial charge in [-0.2, -0.15) is 0 Å². The second-order valence-electron chi connectivity index (χ2n) is 18.6. The van der Waals surface area contributed by atoms with Gasteiger partial charge in [0.1, 0.15) is 0 Å². The van der Waals surface area contributed by atoms with Crippen molar-refractivity contribution in [2.75, 3.05) is 0 Å². The number of rotatable bonds is 8. The van der Waals surface area contributed by atoms with Crippen molar-refractivity contribution in [3.63, 3.8) is 0 Å². The third-order valence-electron chi connectivity index (χ3n) is 11.9. The molecule has 8 aromatic carbocycles. The minimum absolute atomic E-state index is 0.108. The summed E-state index contributed by atoms with van der Waals surface area (Å²) in [7, 11) is 0. The predicted molar refractivity (Wildman–Crippen MR) is 273 cm³/mol. The van der Waals surface area contributed by atoms with Crippen LogP contribution < -0.4 is 0 Å². The molecule has 0 amide bonds. The van der Waals surface area contributed by atoms with Crippen LogP contribution in [0.25, 0.3) is 79.2 Å². The molecule has 0 saturated carbocycles. The third kappa shape index (κ3) is 9.45. The predicted octanol–water partition coefficient (Wildman–Crippen LogP) is 15.1. The van der Waals surface area contributed by atoms with Gasteiger partial charge >= 0.3 is 0 Å². The lowest BCUT2D eigenvalue weighted by Crippen LogP contribution is -2.10. The van der Waals surface area contributed by atoms with E-state index in [0.29, 0.717) is 0 Å². The van der Waals surface area contributed by atoms with E-state index in [0.717, 1.165) is 56.9 Å². The van der Waals surface area contributed by atoms with Gasteiger partial charge in [-0.15, -0.1) is 20.4 Å². The third-order valence-corrected chi connectivity index (χ3v) is 11.9. The van der Waals surface area contributed by atoms with Crippen LogP contribution in [0, 0.1) is 0 Å². The number of para-hydroxylation sites is 2. The maximum atomic E-state index is 4.63. The molecule has 10 aromatic rings. The summed E-state index contributed by atoms with van der Waals surface area (Å²) >= 11 is 0. The summed E-state index contributed by atoms with van der Waals surface area (Å²) in [6.45, 7) is 13.4. The van der Waals surface area contributed by atoms with E-state index in [9.17, 15) is 0 Å². The van der Waals surface area contributed by atoms with Crippen molar-refractivity contribution in [2.24, 2.45) is 0 Å². The first-order valence-electron chi connectivity index (χ1n) is 22.6. The maximum absolute atomic E-state index is 4.63. The van der Waals surface area contributed by atoms with E-state index in [1.54, 1.807) is 0 Å². The number of aromatic nitrogens is 6. The van der Waals surface area contributed by atoms with E-state index in [-0.39, 0.29) is 10.8 Å². The summed E-state index contributed by atoms with van der Waals surface area (Å²) in [6.07, 6.45) is 0. The average molecular weight is 859 g/mol. The van der Waals surface area contributed by atoms with Gasteiger partial charge in [-0.3, -0.25) is 9.13 Å². The largest absolute Gasteiger partial charge is 0.275 e. The Bertz CT molecular complexity index is 2900. The molecule has 66 heavy (non-hydrogen) atoms. The maximum Gasteiger partial charge on any atom is 0.168 e. The van der Waals surface area contributed by atoms with Crippen LogP contribution in [-0.2, 0) is 10.8 Å². The Kier molecular flexibility index (Phi) is 12.2. The molecule has 0 radical (unpaired) electrons. The highest BCUT2D eigenvalue weighted by Gasteiger charge is 2.21. The quantitative estimate of drug-likeness (QED) is 0.153. The SMILES string of the molecule is CC(C)(C)c1ccc(-c2nnc(-c3ccc(-c4ccccc4)cc3)n2-c2ccccc2)cc1.CC(C)(C)c1ccc(-c2nnc(-c3ccc(-c4ccccc4)cc3)n2-c2ccccc2)cc1. The molecular formula is C60H54N6. The van der Waals surface area contributed by atoms with Crippen molar-refractivity contribution in [3.05, 3.63) is 230 Å². The summed E-state index contributed by atoms with van der Waals surface area (Å²) < 4.78 is 4.28. The molecule has 6 heteroatoms. The Morgan fingerprint density at radius 1 is 0.242 bits per heavy atom. The molecule has 0 unspecified atom stereocenters. The Morgan fingerprint density at radius 2 is 0.455 bits per heavy atom. The van der Waals surface area contributed by atoms with E-state index < -0.39 is 0 Å². The van der Waals surface area contributed by atoms with Gasteiger partial charge < -0.3 is 0 Å². The summed E-state index contributed by atoms with van der Waals surface area (Å²) in [5, 5.41) is 18.5. The minimum atomic E-state index is 0.108. The van der Waals surface area contributed by atoms with Crippen LogP contribution in [-0.4, -0.2) is 29.5 Å². The second-order valence-corrected chi connectivity index (χ2v) is 18.6. The molecule has 0 saturated heterocycles. The molecule has 2 aromatic heterocycles. The van der Waals surface area contributed by atoms with Crippen molar-refractivity contribution in [3.8, 4) is 79.2 Å². The molecule has 0 N–H and O–H groups in total. The topological polar surface area (TPSA) is 61.4 Å². The van der Waals surface area contributed by atoms with Crippen LogP contribution in [0.1, 0.15) is 52.7 Å². The molecule has 0 fully saturated rings. The van der Waals surface area contributed by atoms with Crippen molar-refractivity contribution < 1.29 is 0 Å². The van der Waals surface area contributed by atoms with E-state index in [1.165, 1.54) is 33.4 Å². The fourth-order valence-corrected chi connectivity index (χ4v) is 8.08. The monoisotopic (exact) mass is 858 g/mol. The first-order valence-corrected chi connectivity index (χ1v) is 22.6. The molecule has 6 nitrogen and oxygen atoms in total. The molecule has 0 aliphatic carbocycles. The van der Waals surface area contributed by atoms with E-state index in [4.69, 9.17) is 0 Å². The second kappa shape index (κ2) is 18.6. The van der Waals surface area contributed by atoms with Gasteiger partial charge in [0.25, 0.3) is 0 Å². The van der Waals surface area contributed by atoms with Gasteiger partial charge in [-0.25, -0.2) is 0 Å². The molecule has 10 rings (SSSR count). The van der Waals surface area contributed by atoms with Crippen molar-refractivity contribution in [1.29, 1.82) is 0 Å². The molecule has 0 atom stereocenters. The molecule has 324 valence electrons. The number of benzene rings is 8. The lowest BCUT2D eigenvalue weighted by molar-refractivity contribution is 0.590. The van der Waals surface area contributed by atoms with Crippen molar-refractivity contribution in [1.82, 2.24) is 29.5 Å². The highest BCUT2D eigenvalue weighted by atomic mass is 15.3. The van der Waals surface area contributed by atoms with Gasteiger partial charge in [-0.05, 0) is 68.5 Å². The highest BCUT2D eigenvalue weighted by Crippen LogP contribution is 2.34. The lowest BCUT2D eigenvalue weighted by atomic mass is 9.86. The van der Waals surface area contributed by atoms with Crippen LogP contribution in [0.2, 0.25) is 0 Å². The Hall–Kier alpha value is -7.96. The number of hydrogen-bond acceptors (Lipinski definition) is 4. The zero-order chi connectivity index (χ0) is 45.7. The molecular weight excluding hydrogens is 805 g/mol. The van der Waals surface area contributed by atoms with E-state index in [1.807, 2.05) is 48.5 Å². The summed E-state index contributed by atoms with van der Waals surface area (Å²) in [5.74, 6) is 3.33. The molecule has 0 aliphatic heterocycles. The smallest absolute Gasteiger partial charge is 0.168 e. The average Bonchev–Trinajstić information content (AvgIpc) is 4.01. The minimum Gasteiger partial charge on any atom is -0.275 e. The summed E-state index contributed by atoms with van der Waals surface area (Å²) in [6, 6.07) is 75.9. The first kappa shape index (κ1) is 43.3. The van der Waals surface area contributed by atoms with Crippen LogP contribution >= 0.6 is 0 Å². The van der Waals surface area contributed by atoms with Crippen LogP contribution in [0.15, 0.2) is 218 Å². The van der Waals surface area contributed by atoms with Gasteiger partial charge in [0.15, 0.2) is 23.3 Å². The van der Waals surface area contributed by atoms with Gasteiger partial charge in [0, 0.05) is 33.6 Å². The van der Waals surface area contributed by atoms with E-state index in [2.05, 4.69) is 241 Å². The van der Waals surface area contributed by atoms with Gasteiger partial charge in [0.05, 0.1) is 0 Å². The van der Waals surface area contributed by atoms with Crippen LogP contribution in [0.5, 0.6) is 0 Å². The fraction of sp³-hybridized carbons (Fsp3) is 0.133. The molecule has 0 spiro atoms. The fourth-order valence-electron chi connectivity index (χ4n) is 8.08. The molecule has 0 aliphatic rings. The first-order chi connectivity index (χ1) is 32.0. The van der Waals surface area contributed by atoms with Gasteiger partial charge in [-0.1, -0.05) is 236 Å². The zero-order valence-corrected chi connectivity index (χ0v) is 38.5. The Balaban J connectivity index is 0.000000166. The number of nitrogens with zero attached hydrogens (tertiary/aromatic N) is 6. The Morgan fingerprint density at radius 3 is 0.712 bits per heavy atom. The van der Waals surface area contributed by atoms with E-state index >= 15 is 0 Å². The molecule has 2 heterocycles. The lowest BCUT2D eigenvalue weighted by Gasteiger charge is -2.19. The van der Waals surface area contributed by atoms with Crippen LogP contribution in [0.4, 0.5) is 0 Å². The summed E-state index contributed by atoms with van der Waals surface area (Å²) in [4.78, 5) is 0. The Labute approximate surface area is 389 Å². The van der Waals surface area contributed by atoms with Crippen molar-refractivity contribution in [2.45, 2.75) is 52.4 Å². The zero-order valence-electron chi connectivity index (χ0n) is 38.5. The van der Waals surface area contributed by atoms with Gasteiger partial charge in [0.2, 0.25) is 0 Å². The highest BCUT2D eigenvalue weighted by molar-refractivity contribution is 5.73. The summed E-state index contributed by atoms with van der Waals surface area (Å²) in [5.41, 5.74) is 13.8. The number of hydrogen-bond donors (Lipinski definition) is 0.